The summed E-state index contributed by atoms with van der Waals surface area (Å²) >= 11 is 0. The molecule has 0 bridgehead atoms. The molecule has 0 saturated heterocycles. The van der Waals surface area contributed by atoms with Crippen LogP contribution in [0.2, 0.25) is 0 Å². The van der Waals surface area contributed by atoms with Crippen LogP contribution in [0.3, 0.4) is 0 Å². The molecule has 2 heterocycles. The number of carbonyl (C=O) groups is 1. The summed E-state index contributed by atoms with van der Waals surface area (Å²) in [5, 5.41) is 9.13. The number of aromatic nitrogens is 2. The number of methoxy groups -OCH3 is 1. The van der Waals surface area contributed by atoms with Crippen LogP contribution in [0.4, 0.5) is 0 Å². The molecule has 5 aromatic rings. The van der Waals surface area contributed by atoms with Crippen LogP contribution in [-0.4, -0.2) is 22.5 Å². The Labute approximate surface area is 191 Å². The molecule has 3 aromatic carbocycles. The van der Waals surface area contributed by atoms with Gasteiger partial charge >= 0.3 is 5.97 Å². The van der Waals surface area contributed by atoms with E-state index in [9.17, 15) is 4.79 Å². The zero-order chi connectivity index (χ0) is 22.8. The Hall–Kier alpha value is -4.69. The van der Waals surface area contributed by atoms with Gasteiger partial charge in [0, 0.05) is 23.5 Å². The van der Waals surface area contributed by atoms with Gasteiger partial charge in [-0.1, -0.05) is 54.6 Å². The van der Waals surface area contributed by atoms with Crippen molar-refractivity contribution in [1.82, 2.24) is 9.38 Å². The highest BCUT2D eigenvalue weighted by Gasteiger charge is 2.14. The Morgan fingerprint density at radius 3 is 2.21 bits per heavy atom. The summed E-state index contributed by atoms with van der Waals surface area (Å²) in [4.78, 5) is 16.8. The smallest absolute Gasteiger partial charge is 0.337 e. The van der Waals surface area contributed by atoms with Gasteiger partial charge in [0.05, 0.1) is 30.0 Å². The number of rotatable bonds is 4. The van der Waals surface area contributed by atoms with E-state index in [4.69, 9.17) is 15.0 Å². The maximum atomic E-state index is 11.9. The molecule has 0 spiro atoms. The van der Waals surface area contributed by atoms with Gasteiger partial charge in [-0.3, -0.25) is 0 Å². The Morgan fingerprint density at radius 2 is 1.55 bits per heavy atom. The molecule has 0 amide bonds. The van der Waals surface area contributed by atoms with Crippen LogP contribution in [0.1, 0.15) is 15.9 Å². The van der Waals surface area contributed by atoms with E-state index >= 15 is 0 Å². The Balaban J connectivity index is 1.69. The number of pyridine rings is 1. The predicted molar refractivity (Wildman–Crippen MR) is 128 cm³/mol. The predicted octanol–water partition coefficient (Wildman–Crippen LogP) is 5.99. The summed E-state index contributed by atoms with van der Waals surface area (Å²) < 4.78 is 6.85. The quantitative estimate of drug-likeness (QED) is 0.329. The van der Waals surface area contributed by atoms with E-state index in [2.05, 4.69) is 12.1 Å². The van der Waals surface area contributed by atoms with Crippen molar-refractivity contribution in [2.24, 2.45) is 0 Å². The van der Waals surface area contributed by atoms with Crippen LogP contribution in [0.5, 0.6) is 0 Å². The van der Waals surface area contributed by atoms with E-state index in [1.54, 1.807) is 12.1 Å². The van der Waals surface area contributed by atoms with Gasteiger partial charge in [0.2, 0.25) is 0 Å². The van der Waals surface area contributed by atoms with Gasteiger partial charge in [-0.2, -0.15) is 5.26 Å². The molecule has 0 saturated carbocycles. The number of carbonyl (C=O) groups excluding carboxylic acids is 1. The first-order chi connectivity index (χ1) is 16.2. The second-order valence-corrected chi connectivity index (χ2v) is 7.62. The van der Waals surface area contributed by atoms with Gasteiger partial charge in [-0.25, -0.2) is 9.78 Å². The number of hydrogen-bond acceptors (Lipinski definition) is 4. The van der Waals surface area contributed by atoms with Crippen molar-refractivity contribution in [2.45, 2.75) is 0 Å². The fourth-order valence-corrected chi connectivity index (χ4v) is 3.86. The van der Waals surface area contributed by atoms with Gasteiger partial charge < -0.3 is 9.14 Å². The first-order valence-electron chi connectivity index (χ1n) is 10.4. The van der Waals surface area contributed by atoms with Crippen molar-refractivity contribution in [2.75, 3.05) is 7.11 Å². The molecule has 0 N–H and O–H groups in total. The van der Waals surface area contributed by atoms with Crippen LogP contribution in [0, 0.1) is 11.3 Å². The maximum Gasteiger partial charge on any atom is 0.337 e. The van der Waals surface area contributed by atoms with Crippen molar-refractivity contribution in [3.05, 3.63) is 108 Å². The summed E-state index contributed by atoms with van der Waals surface area (Å²) in [6.07, 6.45) is 4.06. The van der Waals surface area contributed by atoms with Crippen LogP contribution < -0.4 is 0 Å². The number of nitrogens with zero attached hydrogens (tertiary/aromatic N) is 3. The van der Waals surface area contributed by atoms with Crippen LogP contribution >= 0.6 is 0 Å². The number of nitriles is 1. The number of imidazole rings is 1. The summed E-state index contributed by atoms with van der Waals surface area (Å²) in [6, 6.07) is 29.1. The Bertz CT molecular complexity index is 1490. The zero-order valence-corrected chi connectivity index (χ0v) is 17.9. The third-order valence-corrected chi connectivity index (χ3v) is 5.59. The third-order valence-electron chi connectivity index (χ3n) is 5.59. The molecule has 2 aromatic heterocycles. The lowest BCUT2D eigenvalue weighted by atomic mass is 10.00. The molecule has 0 aliphatic rings. The summed E-state index contributed by atoms with van der Waals surface area (Å²) in [5.41, 5.74) is 7.71. The van der Waals surface area contributed by atoms with E-state index in [-0.39, 0.29) is 5.97 Å². The molecule has 5 nitrogen and oxygen atoms in total. The molecule has 33 heavy (non-hydrogen) atoms. The topological polar surface area (TPSA) is 67.4 Å². The standard InChI is InChI=1S/C28H19N3O2/c1-33-28(32)23-13-11-21(12-14-23)25-15-24(20-9-7-19(16-29)8-10-20)17-31-18-26(30-27(25)31)22-5-3-2-4-6-22/h2-15,17-18H,1H3. The van der Waals surface area contributed by atoms with Gasteiger partial charge in [0.1, 0.15) is 5.65 Å². The van der Waals surface area contributed by atoms with Crippen molar-refractivity contribution >= 4 is 11.6 Å². The number of ether oxygens (including phenoxy) is 1. The highest BCUT2D eigenvalue weighted by Crippen LogP contribution is 2.32. The first-order valence-corrected chi connectivity index (χ1v) is 10.4. The lowest BCUT2D eigenvalue weighted by Gasteiger charge is -2.10. The SMILES string of the molecule is COC(=O)c1ccc(-c2cc(-c3ccc(C#N)cc3)cn3cc(-c4ccccc4)nc23)cc1. The largest absolute Gasteiger partial charge is 0.465 e. The fourth-order valence-electron chi connectivity index (χ4n) is 3.86. The van der Waals surface area contributed by atoms with Gasteiger partial charge in [0.15, 0.2) is 0 Å². The summed E-state index contributed by atoms with van der Waals surface area (Å²) in [7, 11) is 1.37. The number of fused-ring (bicyclic) bond motifs is 1. The molecule has 0 unspecified atom stereocenters. The molecule has 0 radical (unpaired) electrons. The number of hydrogen-bond donors (Lipinski definition) is 0. The molecule has 0 aliphatic heterocycles. The molecule has 158 valence electrons. The molecule has 5 rings (SSSR count). The minimum absolute atomic E-state index is 0.370. The third kappa shape index (κ3) is 3.86. The van der Waals surface area contributed by atoms with E-state index in [1.807, 2.05) is 83.5 Å². The van der Waals surface area contributed by atoms with Crippen molar-refractivity contribution < 1.29 is 9.53 Å². The number of esters is 1. The molecule has 5 heteroatoms. The van der Waals surface area contributed by atoms with E-state index < -0.39 is 0 Å². The van der Waals surface area contributed by atoms with Crippen LogP contribution in [0.25, 0.3) is 39.2 Å². The number of benzene rings is 3. The van der Waals surface area contributed by atoms with Crippen molar-refractivity contribution in [3.63, 3.8) is 0 Å². The lowest BCUT2D eigenvalue weighted by molar-refractivity contribution is 0.0601. The molecule has 0 aliphatic carbocycles. The van der Waals surface area contributed by atoms with Crippen LogP contribution in [0.15, 0.2) is 97.3 Å². The maximum absolute atomic E-state index is 11.9. The Morgan fingerprint density at radius 1 is 0.848 bits per heavy atom. The molecular weight excluding hydrogens is 410 g/mol. The van der Waals surface area contributed by atoms with Gasteiger partial charge in [0.25, 0.3) is 0 Å². The molecule has 0 atom stereocenters. The van der Waals surface area contributed by atoms with Gasteiger partial charge in [-0.15, -0.1) is 0 Å². The Kier molecular flexibility index (Phi) is 5.18. The highest BCUT2D eigenvalue weighted by molar-refractivity contribution is 5.91. The van der Waals surface area contributed by atoms with E-state index in [0.717, 1.165) is 39.2 Å². The minimum Gasteiger partial charge on any atom is -0.465 e. The monoisotopic (exact) mass is 429 g/mol. The zero-order valence-electron chi connectivity index (χ0n) is 17.9. The second-order valence-electron chi connectivity index (χ2n) is 7.62. The average molecular weight is 429 g/mol. The molecule has 0 fully saturated rings. The average Bonchev–Trinajstić information content (AvgIpc) is 3.33. The highest BCUT2D eigenvalue weighted by atomic mass is 16.5. The summed E-state index contributed by atoms with van der Waals surface area (Å²) in [5.74, 6) is -0.370. The summed E-state index contributed by atoms with van der Waals surface area (Å²) in [6.45, 7) is 0. The van der Waals surface area contributed by atoms with Crippen molar-refractivity contribution in [1.29, 1.82) is 5.26 Å². The molecular formula is C28H19N3O2. The van der Waals surface area contributed by atoms with E-state index in [0.29, 0.717) is 11.1 Å². The first kappa shape index (κ1) is 20.2. The van der Waals surface area contributed by atoms with Gasteiger partial charge in [-0.05, 0) is 47.0 Å². The van der Waals surface area contributed by atoms with Crippen LogP contribution in [-0.2, 0) is 4.74 Å². The lowest BCUT2D eigenvalue weighted by Crippen LogP contribution is -2.00. The van der Waals surface area contributed by atoms with Crippen molar-refractivity contribution in [3.8, 4) is 39.6 Å². The second kappa shape index (κ2) is 8.45. The normalized spacial score (nSPS) is 10.7. The van der Waals surface area contributed by atoms with E-state index in [1.165, 1.54) is 7.11 Å². The minimum atomic E-state index is -0.370. The fraction of sp³-hybridized carbons (Fsp3) is 0.0357.